The predicted molar refractivity (Wildman–Crippen MR) is 102 cm³/mol. The molecule has 2 N–H and O–H groups in total. The van der Waals surface area contributed by atoms with Crippen LogP contribution in [0.4, 0.5) is 4.39 Å². The van der Waals surface area contributed by atoms with Crippen molar-refractivity contribution in [3.8, 4) is 16.9 Å². The molecule has 0 amide bonds. The molecule has 4 rings (SSSR count). The fourth-order valence-electron chi connectivity index (χ4n) is 3.73. The number of aliphatic imine (C=N–C) groups is 1. The average Bonchev–Trinajstić information content (AvgIpc) is 3.00. The molecule has 0 fully saturated rings. The van der Waals surface area contributed by atoms with Gasteiger partial charge in [-0.3, -0.25) is 0 Å². The number of nitrogens with zero attached hydrogens (tertiary/aromatic N) is 1. The predicted octanol–water partition coefficient (Wildman–Crippen LogP) is 3.87. The van der Waals surface area contributed by atoms with Crippen LogP contribution in [-0.4, -0.2) is 32.4 Å². The summed E-state index contributed by atoms with van der Waals surface area (Å²) in [6.45, 7) is 0.946. The number of methoxy groups -OCH3 is 1. The molecule has 2 atom stereocenters. The maximum absolute atomic E-state index is 13.8. The Morgan fingerprint density at radius 1 is 1.30 bits per heavy atom. The minimum atomic E-state index is -0.608. The van der Waals surface area contributed by atoms with Crippen LogP contribution < -0.4 is 10.5 Å². The van der Waals surface area contributed by atoms with E-state index in [1.165, 1.54) is 12.1 Å². The van der Waals surface area contributed by atoms with Crippen molar-refractivity contribution in [2.24, 2.45) is 10.7 Å². The van der Waals surface area contributed by atoms with Gasteiger partial charge in [0.15, 0.2) is 0 Å². The SMILES string of the molecule is COCCC1CC2(COC(N)=N2)c2cc(-c3cc(F)cc(Cl)c3)ccc2O1. The molecule has 7 heteroatoms. The molecule has 142 valence electrons. The van der Waals surface area contributed by atoms with E-state index in [2.05, 4.69) is 4.99 Å². The third-order valence-electron chi connectivity index (χ3n) is 4.96. The summed E-state index contributed by atoms with van der Waals surface area (Å²) in [5.74, 6) is 0.350. The van der Waals surface area contributed by atoms with Gasteiger partial charge < -0.3 is 19.9 Å². The van der Waals surface area contributed by atoms with Crippen molar-refractivity contribution >= 4 is 17.6 Å². The van der Waals surface area contributed by atoms with Crippen LogP contribution >= 0.6 is 11.6 Å². The zero-order chi connectivity index (χ0) is 19.0. The summed E-state index contributed by atoms with van der Waals surface area (Å²) in [6, 6.07) is 10.4. The Morgan fingerprint density at radius 3 is 2.85 bits per heavy atom. The van der Waals surface area contributed by atoms with E-state index >= 15 is 0 Å². The Hall–Kier alpha value is -2.31. The largest absolute Gasteiger partial charge is 0.490 e. The van der Waals surface area contributed by atoms with Gasteiger partial charge in [-0.25, -0.2) is 9.38 Å². The van der Waals surface area contributed by atoms with Crippen molar-refractivity contribution in [1.29, 1.82) is 0 Å². The number of ether oxygens (including phenoxy) is 3. The second-order valence-electron chi connectivity index (χ2n) is 6.86. The molecular weight excluding hydrogens is 371 g/mol. The van der Waals surface area contributed by atoms with Gasteiger partial charge in [0.1, 0.15) is 29.8 Å². The van der Waals surface area contributed by atoms with Gasteiger partial charge in [0.05, 0.1) is 0 Å². The lowest BCUT2D eigenvalue weighted by atomic mass is 9.81. The van der Waals surface area contributed by atoms with Crippen LogP contribution in [0, 0.1) is 5.82 Å². The maximum Gasteiger partial charge on any atom is 0.283 e. The molecule has 2 aromatic carbocycles. The van der Waals surface area contributed by atoms with E-state index in [4.69, 9.17) is 31.5 Å². The molecule has 27 heavy (non-hydrogen) atoms. The Morgan fingerprint density at radius 2 is 2.15 bits per heavy atom. The van der Waals surface area contributed by atoms with Crippen molar-refractivity contribution in [2.75, 3.05) is 20.3 Å². The lowest BCUT2D eigenvalue weighted by molar-refractivity contribution is 0.0743. The fraction of sp³-hybridized carbons (Fsp3) is 0.350. The number of hydrogen-bond acceptors (Lipinski definition) is 5. The second-order valence-corrected chi connectivity index (χ2v) is 7.30. The number of rotatable bonds is 4. The highest BCUT2D eigenvalue weighted by molar-refractivity contribution is 6.30. The fourth-order valence-corrected chi connectivity index (χ4v) is 3.95. The van der Waals surface area contributed by atoms with Crippen molar-refractivity contribution in [3.05, 3.63) is 52.8 Å². The topological polar surface area (TPSA) is 66.1 Å². The smallest absolute Gasteiger partial charge is 0.283 e. The van der Waals surface area contributed by atoms with Crippen LogP contribution in [-0.2, 0) is 15.0 Å². The third kappa shape index (κ3) is 3.47. The Kier molecular flexibility index (Phi) is 4.70. The summed E-state index contributed by atoms with van der Waals surface area (Å²) in [6.07, 6.45) is 1.33. The molecule has 1 spiro atoms. The molecular formula is C20H20ClFN2O3. The van der Waals surface area contributed by atoms with E-state index < -0.39 is 5.54 Å². The van der Waals surface area contributed by atoms with Crippen molar-refractivity contribution in [2.45, 2.75) is 24.5 Å². The highest BCUT2D eigenvalue weighted by atomic mass is 35.5. The molecule has 2 aliphatic rings. The van der Waals surface area contributed by atoms with Gasteiger partial charge in [0, 0.05) is 37.1 Å². The summed E-state index contributed by atoms with van der Waals surface area (Å²) < 4.78 is 30.6. The molecule has 0 bridgehead atoms. The van der Waals surface area contributed by atoms with E-state index in [0.29, 0.717) is 30.2 Å². The Labute approximate surface area is 161 Å². The summed E-state index contributed by atoms with van der Waals surface area (Å²) in [7, 11) is 1.66. The third-order valence-corrected chi connectivity index (χ3v) is 5.18. The van der Waals surface area contributed by atoms with E-state index in [0.717, 1.165) is 23.3 Å². The van der Waals surface area contributed by atoms with Gasteiger partial charge in [0.25, 0.3) is 6.02 Å². The molecule has 2 aromatic rings. The van der Waals surface area contributed by atoms with Gasteiger partial charge in [-0.2, -0.15) is 0 Å². The van der Waals surface area contributed by atoms with Crippen molar-refractivity contribution in [3.63, 3.8) is 0 Å². The minimum absolute atomic E-state index is 0.0508. The first-order valence-electron chi connectivity index (χ1n) is 8.74. The molecule has 0 saturated heterocycles. The van der Waals surface area contributed by atoms with Crippen molar-refractivity contribution < 1.29 is 18.6 Å². The lowest BCUT2D eigenvalue weighted by Crippen LogP contribution is -2.39. The zero-order valence-electron chi connectivity index (χ0n) is 14.9. The molecule has 0 aliphatic carbocycles. The molecule has 2 aliphatic heterocycles. The summed E-state index contributed by atoms with van der Waals surface area (Å²) in [5.41, 5.74) is 7.62. The maximum atomic E-state index is 13.8. The van der Waals surface area contributed by atoms with E-state index in [1.807, 2.05) is 18.2 Å². The molecule has 2 unspecified atom stereocenters. The number of fused-ring (bicyclic) bond motifs is 2. The number of amidine groups is 1. The number of hydrogen-bond donors (Lipinski definition) is 1. The molecule has 2 heterocycles. The van der Waals surface area contributed by atoms with Gasteiger partial charge in [-0.1, -0.05) is 17.7 Å². The number of benzene rings is 2. The molecule has 0 radical (unpaired) electrons. The van der Waals surface area contributed by atoms with Crippen LogP contribution in [0.5, 0.6) is 5.75 Å². The van der Waals surface area contributed by atoms with Crippen molar-refractivity contribution in [1.82, 2.24) is 0 Å². The van der Waals surface area contributed by atoms with Crippen LogP contribution in [0.1, 0.15) is 18.4 Å². The Balaban J connectivity index is 1.77. The van der Waals surface area contributed by atoms with Gasteiger partial charge >= 0.3 is 0 Å². The van der Waals surface area contributed by atoms with Crippen LogP contribution in [0.25, 0.3) is 11.1 Å². The monoisotopic (exact) mass is 390 g/mol. The molecule has 5 nitrogen and oxygen atoms in total. The van der Waals surface area contributed by atoms with E-state index in [1.54, 1.807) is 13.2 Å². The molecule has 0 saturated carbocycles. The van der Waals surface area contributed by atoms with Crippen LogP contribution in [0.2, 0.25) is 5.02 Å². The Bertz CT molecular complexity index is 885. The number of nitrogens with two attached hydrogens (primary N) is 1. The van der Waals surface area contributed by atoms with Gasteiger partial charge in [-0.05, 0) is 41.5 Å². The minimum Gasteiger partial charge on any atom is -0.490 e. The zero-order valence-corrected chi connectivity index (χ0v) is 15.6. The second kappa shape index (κ2) is 7.02. The van der Waals surface area contributed by atoms with Crippen LogP contribution in [0.3, 0.4) is 0 Å². The first-order valence-corrected chi connectivity index (χ1v) is 9.12. The normalized spacial score (nSPS) is 23.5. The summed E-state index contributed by atoms with van der Waals surface area (Å²) in [4.78, 5) is 4.60. The standard InChI is InChI=1S/C20H20ClFN2O3/c1-25-5-4-16-10-20(11-26-19(23)24-20)17-8-12(2-3-18(17)27-16)13-6-14(21)9-15(22)7-13/h2-3,6-9,16H,4-5,10-11H2,1H3,(H2,23,24). The van der Waals surface area contributed by atoms with E-state index in [-0.39, 0.29) is 17.9 Å². The van der Waals surface area contributed by atoms with Gasteiger partial charge in [-0.15, -0.1) is 0 Å². The van der Waals surface area contributed by atoms with E-state index in [9.17, 15) is 4.39 Å². The van der Waals surface area contributed by atoms with Gasteiger partial charge in [0.2, 0.25) is 0 Å². The highest BCUT2D eigenvalue weighted by Gasteiger charge is 2.46. The lowest BCUT2D eigenvalue weighted by Gasteiger charge is -2.37. The first kappa shape index (κ1) is 18.1. The molecule has 0 aromatic heterocycles. The first-order chi connectivity index (χ1) is 13.0. The highest BCUT2D eigenvalue weighted by Crippen LogP contribution is 2.46. The van der Waals surface area contributed by atoms with Crippen LogP contribution in [0.15, 0.2) is 41.4 Å². The number of halogens is 2. The average molecular weight is 391 g/mol. The summed E-state index contributed by atoms with van der Waals surface area (Å²) in [5, 5.41) is 0.347. The summed E-state index contributed by atoms with van der Waals surface area (Å²) >= 11 is 6.02. The quantitative estimate of drug-likeness (QED) is 0.860.